The van der Waals surface area contributed by atoms with Crippen LogP contribution < -0.4 is 5.73 Å². The van der Waals surface area contributed by atoms with Crippen LogP contribution in [0.25, 0.3) is 0 Å². The van der Waals surface area contributed by atoms with Gasteiger partial charge in [0.25, 0.3) is 0 Å². The zero-order chi connectivity index (χ0) is 15.1. The number of amides is 1. The lowest BCUT2D eigenvalue weighted by Crippen LogP contribution is -2.41. The first kappa shape index (κ1) is 18.8. The third-order valence-corrected chi connectivity index (χ3v) is 4.09. The molecule has 0 saturated carbocycles. The topological polar surface area (TPSA) is 55.6 Å². The van der Waals surface area contributed by atoms with Gasteiger partial charge in [-0.15, -0.1) is 12.4 Å². The number of hydrogen-bond donors (Lipinski definition) is 1. The second-order valence-electron chi connectivity index (χ2n) is 5.71. The largest absolute Gasteiger partial charge is 0.399 e. The van der Waals surface area contributed by atoms with Crippen LogP contribution in [0.5, 0.6) is 0 Å². The van der Waals surface area contributed by atoms with Gasteiger partial charge in [0.05, 0.1) is 6.61 Å². The van der Waals surface area contributed by atoms with Crippen LogP contribution >= 0.6 is 12.4 Å². The van der Waals surface area contributed by atoms with Crippen molar-refractivity contribution in [3.63, 3.8) is 0 Å². The second-order valence-corrected chi connectivity index (χ2v) is 5.71. The molecule has 0 spiro atoms. The normalized spacial score (nSPS) is 17.9. The van der Waals surface area contributed by atoms with E-state index >= 15 is 0 Å². The Morgan fingerprint density at radius 1 is 1.41 bits per heavy atom. The Bertz CT molecular complexity index is 468. The third-order valence-electron chi connectivity index (χ3n) is 4.09. The molecule has 0 aliphatic carbocycles. The summed E-state index contributed by atoms with van der Waals surface area (Å²) < 4.78 is 5.49. The number of benzene rings is 1. The Hall–Kier alpha value is -1.26. The minimum atomic E-state index is 0. The van der Waals surface area contributed by atoms with Crippen LogP contribution in [-0.4, -0.2) is 37.1 Å². The number of hydrogen-bond acceptors (Lipinski definition) is 3. The van der Waals surface area contributed by atoms with E-state index in [0.29, 0.717) is 12.3 Å². The third kappa shape index (κ3) is 5.50. The van der Waals surface area contributed by atoms with E-state index in [9.17, 15) is 4.79 Å². The maximum Gasteiger partial charge on any atom is 0.222 e. The molecular weight excluding hydrogens is 300 g/mol. The number of halogens is 1. The van der Waals surface area contributed by atoms with Crippen molar-refractivity contribution in [2.24, 2.45) is 5.92 Å². The molecule has 22 heavy (non-hydrogen) atoms. The highest BCUT2D eigenvalue weighted by atomic mass is 35.5. The molecule has 2 N–H and O–H groups in total. The summed E-state index contributed by atoms with van der Waals surface area (Å²) in [6.45, 7) is 5.24. The minimum absolute atomic E-state index is 0. The van der Waals surface area contributed by atoms with Gasteiger partial charge in [0.1, 0.15) is 0 Å². The van der Waals surface area contributed by atoms with E-state index in [2.05, 4.69) is 0 Å². The number of piperidine rings is 1. The number of carbonyl (C=O) groups is 1. The number of ether oxygens (including phenoxy) is 1. The number of para-hydroxylation sites is 1. The van der Waals surface area contributed by atoms with Crippen molar-refractivity contribution in [1.29, 1.82) is 0 Å². The molecule has 4 nitrogen and oxygen atoms in total. The summed E-state index contributed by atoms with van der Waals surface area (Å²) in [7, 11) is 0. The van der Waals surface area contributed by atoms with Gasteiger partial charge in [0.15, 0.2) is 0 Å². The molecule has 2 rings (SSSR count). The lowest BCUT2D eigenvalue weighted by molar-refractivity contribution is -0.133. The molecule has 124 valence electrons. The molecule has 1 aliphatic heterocycles. The maximum absolute atomic E-state index is 12.3. The number of nitrogen functional groups attached to an aromatic ring is 1. The van der Waals surface area contributed by atoms with Crippen LogP contribution in [0.15, 0.2) is 24.3 Å². The fourth-order valence-electron chi connectivity index (χ4n) is 2.87. The zero-order valence-corrected chi connectivity index (χ0v) is 14.1. The van der Waals surface area contributed by atoms with Gasteiger partial charge in [0, 0.05) is 31.8 Å². The molecule has 1 aliphatic rings. The van der Waals surface area contributed by atoms with Gasteiger partial charge in [-0.1, -0.05) is 18.2 Å². The molecule has 1 aromatic rings. The first-order valence-electron chi connectivity index (χ1n) is 7.89. The standard InChI is InChI=1S/C17H26N2O2.ClH/c1-2-21-13-14-6-5-11-19(12-14)17(20)10-9-15-7-3-4-8-16(15)18;/h3-4,7-8,14H,2,5-6,9-13,18H2,1H3;1H. The zero-order valence-electron chi connectivity index (χ0n) is 13.3. The van der Waals surface area contributed by atoms with Crippen molar-refractivity contribution in [1.82, 2.24) is 4.90 Å². The highest BCUT2D eigenvalue weighted by molar-refractivity contribution is 5.85. The van der Waals surface area contributed by atoms with Crippen molar-refractivity contribution in [3.05, 3.63) is 29.8 Å². The van der Waals surface area contributed by atoms with Crippen molar-refractivity contribution in [3.8, 4) is 0 Å². The summed E-state index contributed by atoms with van der Waals surface area (Å²) >= 11 is 0. The lowest BCUT2D eigenvalue weighted by atomic mass is 9.98. The highest BCUT2D eigenvalue weighted by Gasteiger charge is 2.23. The van der Waals surface area contributed by atoms with E-state index in [-0.39, 0.29) is 18.3 Å². The fourth-order valence-corrected chi connectivity index (χ4v) is 2.87. The minimum Gasteiger partial charge on any atom is -0.399 e. The van der Waals surface area contributed by atoms with Gasteiger partial charge in [-0.05, 0) is 43.7 Å². The average molecular weight is 327 g/mol. The van der Waals surface area contributed by atoms with Crippen molar-refractivity contribution < 1.29 is 9.53 Å². The van der Waals surface area contributed by atoms with Crippen LogP contribution in [-0.2, 0) is 16.0 Å². The van der Waals surface area contributed by atoms with Crippen LogP contribution in [0.4, 0.5) is 5.69 Å². The number of anilines is 1. The summed E-state index contributed by atoms with van der Waals surface area (Å²) in [4.78, 5) is 14.3. The monoisotopic (exact) mass is 326 g/mol. The SMILES string of the molecule is CCOCC1CCCN(C(=O)CCc2ccccc2N)C1.Cl. The van der Waals surface area contributed by atoms with E-state index in [4.69, 9.17) is 10.5 Å². The van der Waals surface area contributed by atoms with Gasteiger partial charge in [-0.25, -0.2) is 0 Å². The fraction of sp³-hybridized carbons (Fsp3) is 0.588. The Labute approximate surface area is 139 Å². The smallest absolute Gasteiger partial charge is 0.222 e. The molecule has 1 heterocycles. The molecule has 0 bridgehead atoms. The number of aryl methyl sites for hydroxylation is 1. The molecule has 0 radical (unpaired) electrons. The Balaban J connectivity index is 0.00000242. The van der Waals surface area contributed by atoms with Gasteiger partial charge >= 0.3 is 0 Å². The molecule has 1 unspecified atom stereocenters. The first-order chi connectivity index (χ1) is 10.2. The average Bonchev–Trinajstić information content (AvgIpc) is 2.52. The van der Waals surface area contributed by atoms with E-state index in [1.54, 1.807) is 0 Å². The predicted octanol–water partition coefficient (Wildman–Crippen LogP) is 2.90. The van der Waals surface area contributed by atoms with Crippen LogP contribution in [0.2, 0.25) is 0 Å². The van der Waals surface area contributed by atoms with Crippen molar-refractivity contribution in [2.45, 2.75) is 32.6 Å². The highest BCUT2D eigenvalue weighted by Crippen LogP contribution is 2.19. The Morgan fingerprint density at radius 2 is 2.18 bits per heavy atom. The van der Waals surface area contributed by atoms with Crippen molar-refractivity contribution >= 4 is 24.0 Å². The summed E-state index contributed by atoms with van der Waals surface area (Å²) in [5, 5.41) is 0. The van der Waals surface area contributed by atoms with Crippen LogP contribution in [0.3, 0.4) is 0 Å². The summed E-state index contributed by atoms with van der Waals surface area (Å²) in [5.74, 6) is 0.726. The molecule has 1 amide bonds. The van der Waals surface area contributed by atoms with Crippen LogP contribution in [0.1, 0.15) is 31.7 Å². The molecule has 1 saturated heterocycles. The number of rotatable bonds is 6. The van der Waals surface area contributed by atoms with Crippen molar-refractivity contribution in [2.75, 3.05) is 32.0 Å². The van der Waals surface area contributed by atoms with Gasteiger partial charge in [-0.2, -0.15) is 0 Å². The first-order valence-corrected chi connectivity index (χ1v) is 7.89. The summed E-state index contributed by atoms with van der Waals surface area (Å²) in [5.41, 5.74) is 7.76. The molecule has 1 aromatic carbocycles. The summed E-state index contributed by atoms with van der Waals surface area (Å²) in [6.07, 6.45) is 3.50. The van der Waals surface area contributed by atoms with E-state index < -0.39 is 0 Å². The molecule has 0 aromatic heterocycles. The second kappa shape index (κ2) is 9.70. The molecular formula is C17H27ClN2O2. The predicted molar refractivity (Wildman–Crippen MR) is 92.2 cm³/mol. The molecule has 1 atom stereocenters. The van der Waals surface area contributed by atoms with Crippen LogP contribution in [0, 0.1) is 5.92 Å². The van der Waals surface area contributed by atoms with Gasteiger partial charge in [0.2, 0.25) is 5.91 Å². The molecule has 5 heteroatoms. The van der Waals surface area contributed by atoms with Gasteiger partial charge < -0.3 is 15.4 Å². The summed E-state index contributed by atoms with van der Waals surface area (Å²) in [6, 6.07) is 7.77. The van der Waals surface area contributed by atoms with E-state index in [1.807, 2.05) is 36.1 Å². The molecule has 1 fully saturated rings. The maximum atomic E-state index is 12.3. The Morgan fingerprint density at radius 3 is 2.91 bits per heavy atom. The van der Waals surface area contributed by atoms with E-state index in [1.165, 1.54) is 0 Å². The number of carbonyl (C=O) groups excluding carboxylic acids is 1. The lowest BCUT2D eigenvalue weighted by Gasteiger charge is -2.32. The van der Waals surface area contributed by atoms with E-state index in [0.717, 1.165) is 56.8 Å². The number of nitrogens with zero attached hydrogens (tertiary/aromatic N) is 1. The Kier molecular flexibility index (Phi) is 8.28. The van der Waals surface area contributed by atoms with Gasteiger partial charge in [-0.3, -0.25) is 4.79 Å². The number of likely N-dealkylation sites (tertiary alicyclic amines) is 1. The number of nitrogens with two attached hydrogens (primary N) is 1. The quantitative estimate of drug-likeness (QED) is 0.818.